The van der Waals surface area contributed by atoms with Crippen molar-refractivity contribution >= 4 is 27.8 Å². The molecule has 0 aliphatic heterocycles. The van der Waals surface area contributed by atoms with Crippen molar-refractivity contribution in [1.29, 1.82) is 0 Å². The van der Waals surface area contributed by atoms with Gasteiger partial charge in [-0.15, -0.1) is 0 Å². The Balaban J connectivity index is 1.78. The third kappa shape index (κ3) is 6.20. The highest BCUT2D eigenvalue weighted by Crippen LogP contribution is 2.25. The predicted octanol–water partition coefficient (Wildman–Crippen LogP) is 4.16. The van der Waals surface area contributed by atoms with Crippen LogP contribution in [-0.4, -0.2) is 34.2 Å². The van der Waals surface area contributed by atoms with Gasteiger partial charge in [0, 0.05) is 0 Å². The second-order valence-electron chi connectivity index (χ2n) is 7.64. The van der Waals surface area contributed by atoms with Crippen molar-refractivity contribution in [3.05, 3.63) is 90.0 Å². The third-order valence-corrected chi connectivity index (χ3v) is 6.77. The maximum Gasteiger partial charge on any atom is 0.264 e. The Morgan fingerprint density at radius 3 is 2.21 bits per heavy atom. The molecule has 0 fully saturated rings. The first-order chi connectivity index (χ1) is 15.8. The van der Waals surface area contributed by atoms with Gasteiger partial charge in [-0.1, -0.05) is 56.3 Å². The van der Waals surface area contributed by atoms with Crippen LogP contribution in [0.3, 0.4) is 0 Å². The van der Waals surface area contributed by atoms with E-state index >= 15 is 0 Å². The number of sulfonamides is 1. The van der Waals surface area contributed by atoms with Gasteiger partial charge in [0.05, 0.1) is 23.9 Å². The van der Waals surface area contributed by atoms with E-state index < -0.39 is 22.5 Å². The molecule has 3 aromatic rings. The molecule has 33 heavy (non-hydrogen) atoms. The highest BCUT2D eigenvalue weighted by Gasteiger charge is 2.27. The molecule has 0 saturated carbocycles. The van der Waals surface area contributed by atoms with Crippen LogP contribution in [0.1, 0.15) is 30.9 Å². The molecule has 0 unspecified atom stereocenters. The van der Waals surface area contributed by atoms with Gasteiger partial charge in [-0.05, 0) is 53.4 Å². The van der Waals surface area contributed by atoms with E-state index in [1.54, 1.807) is 42.5 Å². The van der Waals surface area contributed by atoms with Gasteiger partial charge in [0.1, 0.15) is 12.3 Å². The van der Waals surface area contributed by atoms with Gasteiger partial charge in [0.15, 0.2) is 0 Å². The molecule has 7 nitrogen and oxygen atoms in total. The Morgan fingerprint density at radius 1 is 1.00 bits per heavy atom. The Morgan fingerprint density at radius 2 is 1.64 bits per heavy atom. The highest BCUT2D eigenvalue weighted by atomic mass is 32.2. The first kappa shape index (κ1) is 24.0. The predicted molar refractivity (Wildman–Crippen MR) is 130 cm³/mol. The van der Waals surface area contributed by atoms with Gasteiger partial charge in [-0.2, -0.15) is 5.10 Å². The molecule has 172 valence electrons. The molecule has 8 heteroatoms. The van der Waals surface area contributed by atoms with Crippen molar-refractivity contribution in [2.45, 2.75) is 24.7 Å². The van der Waals surface area contributed by atoms with E-state index in [1.807, 2.05) is 24.3 Å². The third-order valence-electron chi connectivity index (χ3n) is 4.98. The summed E-state index contributed by atoms with van der Waals surface area (Å²) in [6.07, 6.45) is 1.52. The van der Waals surface area contributed by atoms with Crippen molar-refractivity contribution < 1.29 is 17.9 Å². The summed E-state index contributed by atoms with van der Waals surface area (Å²) in [5.41, 5.74) is 4.78. The summed E-state index contributed by atoms with van der Waals surface area (Å²) < 4.78 is 32.8. The second-order valence-corrected chi connectivity index (χ2v) is 9.50. The molecule has 0 aliphatic carbocycles. The average molecular weight is 466 g/mol. The minimum absolute atomic E-state index is 0.0855. The Bertz CT molecular complexity index is 1190. The minimum Gasteiger partial charge on any atom is -0.497 e. The quantitative estimate of drug-likeness (QED) is 0.380. The number of nitrogens with one attached hydrogen (secondary N) is 1. The van der Waals surface area contributed by atoms with Crippen LogP contribution in [0.15, 0.2) is 88.9 Å². The van der Waals surface area contributed by atoms with Crippen LogP contribution < -0.4 is 14.5 Å². The van der Waals surface area contributed by atoms with Crippen LogP contribution in [0.25, 0.3) is 0 Å². The van der Waals surface area contributed by atoms with Crippen molar-refractivity contribution in [3.8, 4) is 5.75 Å². The molecule has 3 rings (SSSR count). The molecule has 0 radical (unpaired) electrons. The zero-order valence-corrected chi connectivity index (χ0v) is 19.6. The van der Waals surface area contributed by atoms with Gasteiger partial charge in [0.25, 0.3) is 15.9 Å². The largest absolute Gasteiger partial charge is 0.497 e. The van der Waals surface area contributed by atoms with Crippen molar-refractivity contribution in [1.82, 2.24) is 5.43 Å². The molecule has 1 amide bonds. The lowest BCUT2D eigenvalue weighted by Crippen LogP contribution is -2.39. The topological polar surface area (TPSA) is 88.1 Å². The number of hydrogen-bond acceptors (Lipinski definition) is 5. The van der Waals surface area contributed by atoms with E-state index in [1.165, 1.54) is 31.0 Å². The molecule has 0 heterocycles. The first-order valence-corrected chi connectivity index (χ1v) is 11.9. The van der Waals surface area contributed by atoms with Crippen LogP contribution in [0.4, 0.5) is 5.69 Å². The van der Waals surface area contributed by atoms with E-state index in [0.29, 0.717) is 17.4 Å². The number of rotatable bonds is 9. The molecule has 0 aliphatic rings. The number of benzene rings is 3. The summed E-state index contributed by atoms with van der Waals surface area (Å²) in [4.78, 5) is 12.7. The molecule has 0 aromatic heterocycles. The number of hydrogen-bond donors (Lipinski definition) is 1. The number of amides is 1. The summed E-state index contributed by atoms with van der Waals surface area (Å²) in [7, 11) is -2.46. The van der Waals surface area contributed by atoms with Crippen LogP contribution >= 0.6 is 0 Å². The standard InChI is InChI=1S/C25H27N3O4S/c1-19(2)21-11-9-20(10-12-21)17-26-27-25(29)18-28(22-13-15-23(32-3)16-14-22)33(30,31)24-7-5-4-6-8-24/h4-17,19H,18H2,1-3H3,(H,27,29)/b26-17-. The van der Waals surface area contributed by atoms with Gasteiger partial charge in [-0.3, -0.25) is 9.10 Å². The second kappa shape index (κ2) is 10.8. The van der Waals surface area contributed by atoms with E-state index in [-0.39, 0.29) is 4.90 Å². The zero-order chi connectivity index (χ0) is 23.8. The summed E-state index contributed by atoms with van der Waals surface area (Å²) >= 11 is 0. The minimum atomic E-state index is -3.98. The normalized spacial score (nSPS) is 11.5. The van der Waals surface area contributed by atoms with E-state index in [9.17, 15) is 13.2 Å². The molecule has 0 spiro atoms. The van der Waals surface area contributed by atoms with Gasteiger partial charge >= 0.3 is 0 Å². The summed E-state index contributed by atoms with van der Waals surface area (Å²) in [6, 6.07) is 22.3. The molecule has 3 aromatic carbocycles. The number of nitrogens with zero attached hydrogens (tertiary/aromatic N) is 2. The fourth-order valence-electron chi connectivity index (χ4n) is 3.09. The number of methoxy groups -OCH3 is 1. The SMILES string of the molecule is COc1ccc(N(CC(=O)N/N=C\c2ccc(C(C)C)cc2)S(=O)(=O)c2ccccc2)cc1. The monoisotopic (exact) mass is 465 g/mol. The fourth-order valence-corrected chi connectivity index (χ4v) is 4.54. The van der Waals surface area contributed by atoms with Crippen LogP contribution in [0, 0.1) is 0 Å². The maximum atomic E-state index is 13.3. The van der Waals surface area contributed by atoms with Gasteiger partial charge in [0.2, 0.25) is 0 Å². The fraction of sp³-hybridized carbons (Fsp3) is 0.200. The zero-order valence-electron chi connectivity index (χ0n) is 18.8. The van der Waals surface area contributed by atoms with Crippen molar-refractivity contribution in [2.75, 3.05) is 18.0 Å². The Kier molecular flexibility index (Phi) is 7.84. The lowest BCUT2D eigenvalue weighted by Gasteiger charge is -2.23. The lowest BCUT2D eigenvalue weighted by molar-refractivity contribution is -0.119. The highest BCUT2D eigenvalue weighted by molar-refractivity contribution is 7.92. The van der Waals surface area contributed by atoms with E-state index in [0.717, 1.165) is 9.87 Å². The molecule has 1 N–H and O–H groups in total. The average Bonchev–Trinajstić information content (AvgIpc) is 2.83. The van der Waals surface area contributed by atoms with Crippen molar-refractivity contribution in [2.24, 2.45) is 5.10 Å². The smallest absolute Gasteiger partial charge is 0.264 e. The first-order valence-electron chi connectivity index (χ1n) is 10.4. The molecule has 0 atom stereocenters. The lowest BCUT2D eigenvalue weighted by atomic mass is 10.0. The molecular formula is C25H27N3O4S. The maximum absolute atomic E-state index is 13.3. The van der Waals surface area contributed by atoms with Crippen molar-refractivity contribution in [3.63, 3.8) is 0 Å². The van der Waals surface area contributed by atoms with Gasteiger partial charge < -0.3 is 4.74 Å². The number of carbonyl (C=O) groups excluding carboxylic acids is 1. The van der Waals surface area contributed by atoms with E-state index in [4.69, 9.17) is 4.74 Å². The summed E-state index contributed by atoms with van der Waals surface area (Å²) in [5, 5.41) is 3.98. The Hall–Kier alpha value is -3.65. The summed E-state index contributed by atoms with van der Waals surface area (Å²) in [5.74, 6) is 0.430. The molecule has 0 bridgehead atoms. The van der Waals surface area contributed by atoms with E-state index in [2.05, 4.69) is 24.4 Å². The number of ether oxygens (including phenoxy) is 1. The molecule has 0 saturated heterocycles. The number of carbonyl (C=O) groups is 1. The molecular weight excluding hydrogens is 438 g/mol. The van der Waals surface area contributed by atoms with Crippen LogP contribution in [0.2, 0.25) is 0 Å². The summed E-state index contributed by atoms with van der Waals surface area (Å²) in [6.45, 7) is 3.79. The number of anilines is 1. The van der Waals surface area contributed by atoms with Crippen LogP contribution in [-0.2, 0) is 14.8 Å². The van der Waals surface area contributed by atoms with Crippen LogP contribution in [0.5, 0.6) is 5.75 Å². The van der Waals surface area contributed by atoms with Gasteiger partial charge in [-0.25, -0.2) is 13.8 Å². The Labute approximate surface area is 194 Å². The number of hydrazone groups is 1.